The molecule has 1 N–H and O–H groups in total. The standard InChI is InChI=1S/C32H43N/c1-6-10-12-13-15-20-27-22-24-30-29(17-8-3)31(9-4)33-32(30)25-23-28(27)21-16-19-26(5)18-14-11-7-2/h6-9,11,14,17,22-25,27-28,33H,1-3,5,10,12-13,15-16,18-21H2,4H3/b14-11-,24-22-,25-23-,29-17-,31-9+. The lowest BCUT2D eigenvalue weighted by Crippen LogP contribution is -2.23. The van der Waals surface area contributed by atoms with Crippen LogP contribution in [-0.2, 0) is 0 Å². The maximum Gasteiger partial charge on any atom is 0.0461 e. The summed E-state index contributed by atoms with van der Waals surface area (Å²) in [6.07, 6.45) is 34.3. The Labute approximate surface area is 202 Å². The average molecular weight is 442 g/mol. The van der Waals surface area contributed by atoms with Gasteiger partial charge in [-0.3, -0.25) is 0 Å². The molecule has 1 aromatic heterocycles. The largest absolute Gasteiger partial charge is 0.355 e. The van der Waals surface area contributed by atoms with Crippen LogP contribution in [0.1, 0.15) is 76.0 Å². The van der Waals surface area contributed by atoms with Crippen molar-refractivity contribution in [3.63, 3.8) is 0 Å². The third-order valence-electron chi connectivity index (χ3n) is 6.48. The maximum atomic E-state index is 4.26. The van der Waals surface area contributed by atoms with Crippen LogP contribution in [0.2, 0.25) is 0 Å². The van der Waals surface area contributed by atoms with Gasteiger partial charge in [-0.1, -0.05) is 98.9 Å². The van der Waals surface area contributed by atoms with E-state index < -0.39 is 0 Å². The van der Waals surface area contributed by atoms with E-state index in [1.54, 1.807) is 0 Å². The minimum atomic E-state index is 0.550. The second kappa shape index (κ2) is 15.1. The van der Waals surface area contributed by atoms with Crippen LogP contribution in [0.15, 0.2) is 74.4 Å². The molecular formula is C32H43N. The molecule has 176 valence electrons. The Kier molecular flexibility index (Phi) is 12.1. The Morgan fingerprint density at radius 3 is 2.42 bits per heavy atom. The SMILES string of the molecule is C=C/C=C\CC(=C)CCCC1/C=C\c2[nH]c(=C/C)/c(=C\C=C)c2/C=C\C1CCCCCC=C. The zero-order valence-corrected chi connectivity index (χ0v) is 20.7. The zero-order chi connectivity index (χ0) is 23.9. The molecule has 33 heavy (non-hydrogen) atoms. The Hall–Kier alpha value is -2.80. The molecule has 0 saturated carbocycles. The highest BCUT2D eigenvalue weighted by Crippen LogP contribution is 2.30. The second-order valence-electron chi connectivity index (χ2n) is 8.95. The van der Waals surface area contributed by atoms with Crippen molar-refractivity contribution < 1.29 is 0 Å². The van der Waals surface area contributed by atoms with E-state index in [0.717, 1.165) is 24.6 Å². The molecule has 0 bridgehead atoms. The summed E-state index contributed by atoms with van der Waals surface area (Å²) in [5.74, 6) is 1.11. The van der Waals surface area contributed by atoms with Crippen LogP contribution in [0, 0.1) is 11.8 Å². The number of nitrogens with one attached hydrogen (secondary N) is 1. The molecule has 2 rings (SSSR count). The number of aromatic amines is 1. The van der Waals surface area contributed by atoms with Crippen LogP contribution in [0.5, 0.6) is 0 Å². The van der Waals surface area contributed by atoms with Gasteiger partial charge in [0.1, 0.15) is 0 Å². The van der Waals surface area contributed by atoms with Crippen molar-refractivity contribution in [2.45, 2.75) is 64.7 Å². The molecule has 0 radical (unpaired) electrons. The number of allylic oxidation sites excluding steroid dienone is 8. The van der Waals surface area contributed by atoms with Crippen molar-refractivity contribution in [1.82, 2.24) is 4.98 Å². The van der Waals surface area contributed by atoms with Gasteiger partial charge >= 0.3 is 0 Å². The third-order valence-corrected chi connectivity index (χ3v) is 6.48. The molecule has 1 aliphatic rings. The van der Waals surface area contributed by atoms with Crippen molar-refractivity contribution >= 4 is 24.3 Å². The molecule has 0 fully saturated rings. The van der Waals surface area contributed by atoms with Gasteiger partial charge in [0.25, 0.3) is 0 Å². The Balaban J connectivity index is 2.19. The van der Waals surface area contributed by atoms with Crippen molar-refractivity contribution in [2.24, 2.45) is 11.8 Å². The fraction of sp³-hybridized carbons (Fsp3) is 0.375. The fourth-order valence-electron chi connectivity index (χ4n) is 4.62. The molecule has 0 aliphatic heterocycles. The van der Waals surface area contributed by atoms with E-state index in [1.165, 1.54) is 60.6 Å². The van der Waals surface area contributed by atoms with Gasteiger partial charge in [-0.25, -0.2) is 0 Å². The molecule has 1 heterocycles. The molecule has 0 aromatic carbocycles. The predicted octanol–water partition coefficient (Wildman–Crippen LogP) is 8.05. The van der Waals surface area contributed by atoms with E-state index in [1.807, 2.05) is 24.3 Å². The summed E-state index contributed by atoms with van der Waals surface area (Å²) in [5, 5.41) is 2.40. The highest BCUT2D eigenvalue weighted by molar-refractivity contribution is 5.67. The van der Waals surface area contributed by atoms with E-state index in [9.17, 15) is 0 Å². The highest BCUT2D eigenvalue weighted by Gasteiger charge is 2.19. The van der Waals surface area contributed by atoms with Crippen LogP contribution in [0.3, 0.4) is 0 Å². The van der Waals surface area contributed by atoms with Gasteiger partial charge in [0.15, 0.2) is 0 Å². The highest BCUT2D eigenvalue weighted by atomic mass is 14.7. The van der Waals surface area contributed by atoms with Crippen LogP contribution in [0.4, 0.5) is 0 Å². The summed E-state index contributed by atoms with van der Waals surface area (Å²) in [6, 6.07) is 0. The van der Waals surface area contributed by atoms with Crippen LogP contribution in [0.25, 0.3) is 24.3 Å². The first-order chi connectivity index (χ1) is 16.1. The third kappa shape index (κ3) is 8.57. The molecule has 1 heteroatoms. The fourth-order valence-corrected chi connectivity index (χ4v) is 4.62. The molecule has 0 spiro atoms. The summed E-state index contributed by atoms with van der Waals surface area (Å²) in [4.78, 5) is 3.60. The lowest BCUT2D eigenvalue weighted by Gasteiger charge is -2.23. The number of rotatable bonds is 14. The minimum absolute atomic E-state index is 0.550. The van der Waals surface area contributed by atoms with Gasteiger partial charge in [0.05, 0.1) is 0 Å². The van der Waals surface area contributed by atoms with E-state index in [-0.39, 0.29) is 0 Å². The average Bonchev–Trinajstić information content (AvgIpc) is 3.13. The minimum Gasteiger partial charge on any atom is -0.355 e. The van der Waals surface area contributed by atoms with Gasteiger partial charge < -0.3 is 4.98 Å². The summed E-state index contributed by atoms with van der Waals surface area (Å²) in [7, 11) is 0. The zero-order valence-electron chi connectivity index (χ0n) is 20.7. The first kappa shape index (κ1) is 26.5. The van der Waals surface area contributed by atoms with E-state index in [0.29, 0.717) is 11.8 Å². The Morgan fingerprint density at radius 2 is 1.73 bits per heavy atom. The van der Waals surface area contributed by atoms with Crippen LogP contribution < -0.4 is 10.6 Å². The molecule has 1 nitrogen and oxygen atoms in total. The van der Waals surface area contributed by atoms with Crippen molar-refractivity contribution in [2.75, 3.05) is 0 Å². The van der Waals surface area contributed by atoms with Crippen molar-refractivity contribution in [3.05, 3.63) is 96.2 Å². The molecule has 0 amide bonds. The topological polar surface area (TPSA) is 15.8 Å². The number of hydrogen-bond donors (Lipinski definition) is 1. The molecule has 1 aromatic rings. The van der Waals surface area contributed by atoms with E-state index in [4.69, 9.17) is 0 Å². The van der Waals surface area contributed by atoms with Gasteiger partial charge in [-0.15, -0.1) is 6.58 Å². The monoisotopic (exact) mass is 441 g/mol. The van der Waals surface area contributed by atoms with Crippen LogP contribution >= 0.6 is 0 Å². The number of fused-ring (bicyclic) bond motifs is 1. The lowest BCUT2D eigenvalue weighted by molar-refractivity contribution is 0.396. The number of unbranched alkanes of at least 4 members (excludes halogenated alkanes) is 3. The summed E-state index contributed by atoms with van der Waals surface area (Å²) in [5.41, 5.74) is 3.77. The lowest BCUT2D eigenvalue weighted by atomic mass is 9.81. The van der Waals surface area contributed by atoms with Crippen molar-refractivity contribution in [3.8, 4) is 0 Å². The molecule has 2 unspecified atom stereocenters. The maximum absolute atomic E-state index is 4.26. The quantitative estimate of drug-likeness (QED) is 0.171. The number of hydrogen-bond acceptors (Lipinski definition) is 0. The Bertz CT molecular complexity index is 992. The summed E-state index contributed by atoms with van der Waals surface area (Å²) < 4.78 is 0. The molecule has 1 aliphatic carbocycles. The normalized spacial score (nSPS) is 20.8. The van der Waals surface area contributed by atoms with Crippen molar-refractivity contribution in [1.29, 1.82) is 0 Å². The van der Waals surface area contributed by atoms with Gasteiger partial charge in [0, 0.05) is 21.8 Å². The first-order valence-corrected chi connectivity index (χ1v) is 12.6. The molecular weight excluding hydrogens is 398 g/mol. The molecule has 2 atom stereocenters. The Morgan fingerprint density at radius 1 is 0.970 bits per heavy atom. The smallest absolute Gasteiger partial charge is 0.0461 e. The summed E-state index contributed by atoms with van der Waals surface area (Å²) in [6.45, 7) is 17.9. The predicted molar refractivity (Wildman–Crippen MR) is 150 cm³/mol. The van der Waals surface area contributed by atoms with E-state index >= 15 is 0 Å². The second-order valence-corrected chi connectivity index (χ2v) is 8.95. The van der Waals surface area contributed by atoms with E-state index in [2.05, 4.69) is 80.8 Å². The van der Waals surface area contributed by atoms with Gasteiger partial charge in [-0.2, -0.15) is 0 Å². The molecule has 0 saturated heterocycles. The number of H-pyrrole nitrogens is 1. The first-order valence-electron chi connectivity index (χ1n) is 12.6. The summed E-state index contributed by atoms with van der Waals surface area (Å²) >= 11 is 0. The van der Waals surface area contributed by atoms with Crippen LogP contribution in [-0.4, -0.2) is 4.98 Å². The van der Waals surface area contributed by atoms with Gasteiger partial charge in [0.2, 0.25) is 0 Å². The number of aromatic nitrogens is 1. The van der Waals surface area contributed by atoms with Gasteiger partial charge in [-0.05, 0) is 69.8 Å².